The Morgan fingerprint density at radius 1 is 1.06 bits per heavy atom. The summed E-state index contributed by atoms with van der Waals surface area (Å²) < 4.78 is 0. The molecule has 0 bridgehead atoms. The lowest BCUT2D eigenvalue weighted by Gasteiger charge is -2.02. The summed E-state index contributed by atoms with van der Waals surface area (Å²) in [5.41, 5.74) is 4.01. The third kappa shape index (κ3) is 2.88. The number of hydrogen-bond acceptors (Lipinski definition) is 5. The molecule has 0 aromatic heterocycles. The Labute approximate surface area is 102 Å². The number of rotatable bonds is 3. The highest BCUT2D eigenvalue weighted by molar-refractivity contribution is 6.16. The van der Waals surface area contributed by atoms with Gasteiger partial charge in [0.2, 0.25) is 0 Å². The smallest absolute Gasteiger partial charge is 0.269 e. The lowest BCUT2D eigenvalue weighted by Crippen LogP contribution is -2.02. The second-order valence-corrected chi connectivity index (χ2v) is 3.52. The average Bonchev–Trinajstić information content (AvgIpc) is 2.38. The van der Waals surface area contributed by atoms with Gasteiger partial charge in [-0.25, -0.2) is 0 Å². The number of hydrazone groups is 1. The number of ketones is 1. The van der Waals surface area contributed by atoms with Crippen molar-refractivity contribution in [2.75, 3.05) is 5.43 Å². The van der Waals surface area contributed by atoms with Gasteiger partial charge < -0.3 is 0 Å². The van der Waals surface area contributed by atoms with Crippen molar-refractivity contribution in [1.29, 1.82) is 0 Å². The van der Waals surface area contributed by atoms with Crippen molar-refractivity contribution in [2.45, 2.75) is 0 Å². The standard InChI is InChI=1S/C12H9N3O3/c16-12-7-3-10(4-8-12)14-13-9-1-5-11(6-2-9)15(17)18/h1-8,13H. The number of nitro groups is 1. The van der Waals surface area contributed by atoms with Crippen LogP contribution < -0.4 is 5.43 Å². The van der Waals surface area contributed by atoms with E-state index in [0.717, 1.165) is 0 Å². The molecule has 0 unspecified atom stereocenters. The van der Waals surface area contributed by atoms with Crippen molar-refractivity contribution >= 4 is 22.9 Å². The molecule has 1 aromatic rings. The summed E-state index contributed by atoms with van der Waals surface area (Å²) in [6.07, 6.45) is 5.99. The van der Waals surface area contributed by atoms with E-state index < -0.39 is 4.92 Å². The fourth-order valence-corrected chi connectivity index (χ4v) is 1.31. The van der Waals surface area contributed by atoms with Crippen LogP contribution in [0.3, 0.4) is 0 Å². The van der Waals surface area contributed by atoms with E-state index in [-0.39, 0.29) is 11.5 Å². The van der Waals surface area contributed by atoms with E-state index in [1.165, 1.54) is 24.3 Å². The maximum Gasteiger partial charge on any atom is 0.269 e. The summed E-state index contributed by atoms with van der Waals surface area (Å²) in [4.78, 5) is 20.9. The van der Waals surface area contributed by atoms with Gasteiger partial charge in [-0.05, 0) is 36.4 Å². The van der Waals surface area contributed by atoms with Crippen molar-refractivity contribution in [3.05, 3.63) is 58.7 Å². The van der Waals surface area contributed by atoms with Crippen LogP contribution in [0.5, 0.6) is 0 Å². The van der Waals surface area contributed by atoms with E-state index >= 15 is 0 Å². The van der Waals surface area contributed by atoms with E-state index in [0.29, 0.717) is 11.4 Å². The summed E-state index contributed by atoms with van der Waals surface area (Å²) in [7, 11) is 0. The highest BCUT2D eigenvalue weighted by Gasteiger charge is 2.03. The first-order valence-corrected chi connectivity index (χ1v) is 5.13. The van der Waals surface area contributed by atoms with Gasteiger partial charge in [-0.15, -0.1) is 0 Å². The predicted octanol–water partition coefficient (Wildman–Crippen LogP) is 2.06. The highest BCUT2D eigenvalue weighted by atomic mass is 16.6. The van der Waals surface area contributed by atoms with Crippen LogP contribution in [0, 0.1) is 10.1 Å². The predicted molar refractivity (Wildman–Crippen MR) is 67.4 cm³/mol. The molecule has 0 fully saturated rings. The van der Waals surface area contributed by atoms with E-state index in [4.69, 9.17) is 0 Å². The first-order chi connectivity index (χ1) is 8.65. The van der Waals surface area contributed by atoms with Gasteiger partial charge in [0.15, 0.2) is 5.78 Å². The fourth-order valence-electron chi connectivity index (χ4n) is 1.31. The topological polar surface area (TPSA) is 84.6 Å². The van der Waals surface area contributed by atoms with E-state index in [1.54, 1.807) is 24.3 Å². The molecule has 0 saturated carbocycles. The molecule has 90 valence electrons. The quantitative estimate of drug-likeness (QED) is 0.500. The van der Waals surface area contributed by atoms with Gasteiger partial charge in [0.05, 0.1) is 16.3 Å². The molecular formula is C12H9N3O3. The Hall–Kier alpha value is -2.76. The summed E-state index contributed by atoms with van der Waals surface area (Å²) in [5, 5.41) is 14.5. The van der Waals surface area contributed by atoms with Crippen molar-refractivity contribution < 1.29 is 9.72 Å². The van der Waals surface area contributed by atoms with Gasteiger partial charge in [0.1, 0.15) is 0 Å². The number of hydrogen-bond donors (Lipinski definition) is 1. The molecule has 0 saturated heterocycles. The second kappa shape index (κ2) is 5.05. The summed E-state index contributed by atoms with van der Waals surface area (Å²) in [6, 6.07) is 5.89. The normalized spacial score (nSPS) is 13.6. The first-order valence-electron chi connectivity index (χ1n) is 5.13. The Kier molecular flexibility index (Phi) is 3.29. The third-order valence-corrected chi connectivity index (χ3v) is 2.23. The number of nitrogens with zero attached hydrogens (tertiary/aromatic N) is 2. The highest BCUT2D eigenvalue weighted by Crippen LogP contribution is 2.15. The minimum absolute atomic E-state index is 0.0243. The number of carbonyl (C=O) groups excluding carboxylic acids is 1. The minimum Gasteiger partial charge on any atom is -0.290 e. The maximum atomic E-state index is 10.9. The summed E-state index contributed by atoms with van der Waals surface area (Å²) in [6.45, 7) is 0. The Morgan fingerprint density at radius 2 is 1.67 bits per heavy atom. The van der Waals surface area contributed by atoms with Crippen LogP contribution in [0.4, 0.5) is 11.4 Å². The van der Waals surface area contributed by atoms with E-state index in [1.807, 2.05) is 0 Å². The molecule has 0 radical (unpaired) electrons. The van der Waals surface area contributed by atoms with Crippen molar-refractivity contribution in [1.82, 2.24) is 0 Å². The lowest BCUT2D eigenvalue weighted by atomic mass is 10.2. The molecule has 0 aliphatic heterocycles. The van der Waals surface area contributed by atoms with Crippen LogP contribution in [-0.2, 0) is 4.79 Å². The zero-order valence-corrected chi connectivity index (χ0v) is 9.24. The van der Waals surface area contributed by atoms with Gasteiger partial charge in [-0.3, -0.25) is 20.3 Å². The number of non-ortho nitro benzene ring substituents is 1. The average molecular weight is 243 g/mol. The number of benzene rings is 1. The molecule has 1 aliphatic rings. The van der Waals surface area contributed by atoms with E-state index in [9.17, 15) is 14.9 Å². The zero-order valence-electron chi connectivity index (χ0n) is 9.24. The van der Waals surface area contributed by atoms with Gasteiger partial charge in [-0.2, -0.15) is 5.10 Å². The van der Waals surface area contributed by atoms with Crippen LogP contribution in [-0.4, -0.2) is 16.4 Å². The molecule has 0 spiro atoms. The maximum absolute atomic E-state index is 10.9. The van der Waals surface area contributed by atoms with E-state index in [2.05, 4.69) is 10.5 Å². The second-order valence-electron chi connectivity index (χ2n) is 3.52. The number of anilines is 1. The molecule has 2 rings (SSSR count). The first kappa shape index (κ1) is 11.7. The molecule has 1 N–H and O–H groups in total. The Morgan fingerprint density at radius 3 is 2.22 bits per heavy atom. The SMILES string of the molecule is O=C1C=CC(=NNc2ccc([N+](=O)[O-])cc2)C=C1. The van der Waals surface area contributed by atoms with Crippen LogP contribution in [0.2, 0.25) is 0 Å². The summed E-state index contributed by atoms with van der Waals surface area (Å²) in [5.74, 6) is -0.0794. The van der Waals surface area contributed by atoms with Crippen LogP contribution >= 0.6 is 0 Å². The van der Waals surface area contributed by atoms with Crippen molar-refractivity contribution in [3.8, 4) is 0 Å². The minimum atomic E-state index is -0.464. The monoisotopic (exact) mass is 243 g/mol. The van der Waals surface area contributed by atoms with Crippen molar-refractivity contribution in [3.63, 3.8) is 0 Å². The van der Waals surface area contributed by atoms with Gasteiger partial charge >= 0.3 is 0 Å². The van der Waals surface area contributed by atoms with Crippen LogP contribution in [0.15, 0.2) is 53.7 Å². The van der Waals surface area contributed by atoms with Crippen LogP contribution in [0.1, 0.15) is 0 Å². The number of allylic oxidation sites excluding steroid dienone is 4. The number of carbonyl (C=O) groups is 1. The van der Waals surface area contributed by atoms with Crippen LogP contribution in [0.25, 0.3) is 0 Å². The molecular weight excluding hydrogens is 234 g/mol. The van der Waals surface area contributed by atoms with Gasteiger partial charge in [0, 0.05) is 12.1 Å². The molecule has 1 aromatic carbocycles. The molecule has 6 nitrogen and oxygen atoms in total. The molecule has 6 heteroatoms. The Balaban J connectivity index is 2.04. The van der Waals surface area contributed by atoms with Gasteiger partial charge in [-0.1, -0.05) is 0 Å². The third-order valence-electron chi connectivity index (χ3n) is 2.23. The molecule has 0 heterocycles. The molecule has 0 atom stereocenters. The number of nitro benzene ring substituents is 1. The van der Waals surface area contributed by atoms with Crippen molar-refractivity contribution in [2.24, 2.45) is 5.10 Å². The number of nitrogens with one attached hydrogen (secondary N) is 1. The zero-order chi connectivity index (χ0) is 13.0. The molecule has 0 amide bonds. The molecule has 1 aliphatic carbocycles. The van der Waals surface area contributed by atoms with Gasteiger partial charge in [0.25, 0.3) is 5.69 Å². The lowest BCUT2D eigenvalue weighted by molar-refractivity contribution is -0.384. The largest absolute Gasteiger partial charge is 0.290 e. The molecule has 18 heavy (non-hydrogen) atoms. The fraction of sp³-hybridized carbons (Fsp3) is 0. The Bertz CT molecular complexity index is 553. The summed E-state index contributed by atoms with van der Waals surface area (Å²) >= 11 is 0.